The minimum Gasteiger partial charge on any atom is -0.493 e. The molecule has 0 aromatic heterocycles. The molecule has 1 heterocycles. The summed E-state index contributed by atoms with van der Waals surface area (Å²) in [6.45, 7) is 4.46. The number of benzene rings is 1. The largest absolute Gasteiger partial charge is 0.493 e. The Hall–Kier alpha value is -2.08. The Morgan fingerprint density at radius 1 is 1.38 bits per heavy atom. The van der Waals surface area contributed by atoms with Crippen molar-refractivity contribution >= 4 is 11.9 Å². The van der Waals surface area contributed by atoms with Crippen molar-refractivity contribution in [2.24, 2.45) is 0 Å². The van der Waals surface area contributed by atoms with Crippen LogP contribution in [0, 0.1) is 0 Å². The van der Waals surface area contributed by atoms with Crippen molar-refractivity contribution in [1.29, 1.82) is 0 Å². The van der Waals surface area contributed by atoms with Gasteiger partial charge in [-0.15, -0.1) is 0 Å². The maximum Gasteiger partial charge on any atom is 0.334 e. The van der Waals surface area contributed by atoms with Crippen LogP contribution in [-0.4, -0.2) is 53.8 Å². The number of hydrogen-bond donors (Lipinski definition) is 1. The SMILES string of the molecule is CCOc1ccccc1C(=O)N1CC(C(=O)O)O[C@H](C)C1. The van der Waals surface area contributed by atoms with E-state index in [2.05, 4.69) is 0 Å². The number of rotatable bonds is 4. The number of amides is 1. The molecule has 1 unspecified atom stereocenters. The van der Waals surface area contributed by atoms with Crippen molar-refractivity contribution in [2.45, 2.75) is 26.1 Å². The van der Waals surface area contributed by atoms with Gasteiger partial charge in [-0.25, -0.2) is 4.79 Å². The third-order valence-corrected chi connectivity index (χ3v) is 3.24. The van der Waals surface area contributed by atoms with Gasteiger partial charge in [-0.3, -0.25) is 4.79 Å². The van der Waals surface area contributed by atoms with E-state index >= 15 is 0 Å². The number of para-hydroxylation sites is 1. The molecule has 1 aromatic carbocycles. The van der Waals surface area contributed by atoms with Gasteiger partial charge in [0.15, 0.2) is 6.10 Å². The molecular weight excluding hydrogens is 274 g/mol. The van der Waals surface area contributed by atoms with Crippen molar-refractivity contribution in [3.05, 3.63) is 29.8 Å². The van der Waals surface area contributed by atoms with E-state index in [-0.39, 0.29) is 18.6 Å². The molecule has 2 rings (SSSR count). The van der Waals surface area contributed by atoms with Gasteiger partial charge in [-0.05, 0) is 26.0 Å². The highest BCUT2D eigenvalue weighted by molar-refractivity contribution is 5.97. The number of carboxylic acid groups (broad SMARTS) is 1. The van der Waals surface area contributed by atoms with E-state index in [9.17, 15) is 9.59 Å². The monoisotopic (exact) mass is 293 g/mol. The Balaban J connectivity index is 2.21. The Labute approximate surface area is 123 Å². The minimum absolute atomic E-state index is 0.0406. The molecule has 1 aromatic rings. The lowest BCUT2D eigenvalue weighted by Gasteiger charge is -2.35. The summed E-state index contributed by atoms with van der Waals surface area (Å²) in [5, 5.41) is 9.08. The molecule has 0 saturated carbocycles. The van der Waals surface area contributed by atoms with Crippen LogP contribution in [0.5, 0.6) is 5.75 Å². The van der Waals surface area contributed by atoms with Gasteiger partial charge < -0.3 is 19.5 Å². The fourth-order valence-electron chi connectivity index (χ4n) is 2.35. The van der Waals surface area contributed by atoms with Crippen LogP contribution in [0.2, 0.25) is 0 Å². The molecule has 0 aliphatic carbocycles. The quantitative estimate of drug-likeness (QED) is 0.908. The van der Waals surface area contributed by atoms with E-state index in [0.717, 1.165) is 0 Å². The van der Waals surface area contributed by atoms with Crippen molar-refractivity contribution in [2.75, 3.05) is 19.7 Å². The minimum atomic E-state index is -1.06. The van der Waals surface area contributed by atoms with Crippen LogP contribution in [0.4, 0.5) is 0 Å². The molecule has 6 nitrogen and oxygen atoms in total. The van der Waals surface area contributed by atoms with Crippen LogP contribution in [0.3, 0.4) is 0 Å². The van der Waals surface area contributed by atoms with Crippen LogP contribution >= 0.6 is 0 Å². The number of carboxylic acids is 1. The van der Waals surface area contributed by atoms with Gasteiger partial charge in [-0.2, -0.15) is 0 Å². The van der Waals surface area contributed by atoms with Gasteiger partial charge in [0, 0.05) is 6.54 Å². The highest BCUT2D eigenvalue weighted by Gasteiger charge is 2.33. The summed E-state index contributed by atoms with van der Waals surface area (Å²) in [5.74, 6) is -0.783. The normalized spacial score (nSPS) is 21.9. The number of morpholine rings is 1. The predicted molar refractivity (Wildman–Crippen MR) is 75.5 cm³/mol. The first-order valence-electron chi connectivity index (χ1n) is 6.92. The van der Waals surface area contributed by atoms with Crippen LogP contribution in [0.15, 0.2) is 24.3 Å². The maximum atomic E-state index is 12.6. The van der Waals surface area contributed by atoms with E-state index in [1.165, 1.54) is 4.90 Å². The number of nitrogens with zero attached hydrogens (tertiary/aromatic N) is 1. The standard InChI is InChI=1S/C15H19NO5/c1-3-20-12-7-5-4-6-11(12)14(17)16-8-10(2)21-13(9-16)15(18)19/h4-7,10,13H,3,8-9H2,1-2H3,(H,18,19)/t10-,13?/m1/s1. The molecule has 1 aliphatic rings. The Kier molecular flexibility index (Phi) is 4.80. The summed E-state index contributed by atoms with van der Waals surface area (Å²) in [6.07, 6.45) is -1.31. The first-order valence-corrected chi connectivity index (χ1v) is 6.92. The third kappa shape index (κ3) is 3.52. The number of hydrogen-bond acceptors (Lipinski definition) is 4. The molecule has 0 bridgehead atoms. The van der Waals surface area contributed by atoms with Gasteiger partial charge in [0.1, 0.15) is 5.75 Å². The zero-order valence-corrected chi connectivity index (χ0v) is 12.1. The summed E-state index contributed by atoms with van der Waals surface area (Å²) in [5.41, 5.74) is 0.442. The van der Waals surface area contributed by atoms with E-state index in [1.54, 1.807) is 31.2 Å². The lowest BCUT2D eigenvalue weighted by Crippen LogP contribution is -2.51. The fourth-order valence-corrected chi connectivity index (χ4v) is 2.35. The summed E-state index contributed by atoms with van der Waals surface area (Å²) < 4.78 is 10.8. The summed E-state index contributed by atoms with van der Waals surface area (Å²) in [6, 6.07) is 6.97. The highest BCUT2D eigenvalue weighted by Crippen LogP contribution is 2.22. The highest BCUT2D eigenvalue weighted by atomic mass is 16.5. The zero-order chi connectivity index (χ0) is 15.4. The van der Waals surface area contributed by atoms with Gasteiger partial charge in [0.2, 0.25) is 0 Å². The van der Waals surface area contributed by atoms with Crippen molar-refractivity contribution in [3.63, 3.8) is 0 Å². The fraction of sp³-hybridized carbons (Fsp3) is 0.467. The van der Waals surface area contributed by atoms with Crippen LogP contribution in [0.1, 0.15) is 24.2 Å². The molecule has 1 N–H and O–H groups in total. The van der Waals surface area contributed by atoms with E-state index in [0.29, 0.717) is 24.5 Å². The molecule has 6 heteroatoms. The van der Waals surface area contributed by atoms with Gasteiger partial charge in [0.25, 0.3) is 5.91 Å². The predicted octanol–water partition coefficient (Wildman–Crippen LogP) is 1.40. The zero-order valence-electron chi connectivity index (χ0n) is 12.1. The van der Waals surface area contributed by atoms with Crippen molar-refractivity contribution in [1.82, 2.24) is 4.90 Å². The Bertz CT molecular complexity index is 531. The number of aliphatic carboxylic acids is 1. The van der Waals surface area contributed by atoms with E-state index < -0.39 is 12.1 Å². The third-order valence-electron chi connectivity index (χ3n) is 3.24. The second kappa shape index (κ2) is 6.58. The average Bonchev–Trinajstić information content (AvgIpc) is 2.47. The van der Waals surface area contributed by atoms with E-state index in [4.69, 9.17) is 14.6 Å². The van der Waals surface area contributed by atoms with Gasteiger partial charge in [0.05, 0.1) is 24.8 Å². The second-order valence-electron chi connectivity index (χ2n) is 4.91. The molecule has 21 heavy (non-hydrogen) atoms. The Morgan fingerprint density at radius 2 is 2.10 bits per heavy atom. The lowest BCUT2D eigenvalue weighted by atomic mass is 10.1. The second-order valence-corrected chi connectivity index (χ2v) is 4.91. The van der Waals surface area contributed by atoms with Crippen LogP contribution in [-0.2, 0) is 9.53 Å². The molecule has 0 spiro atoms. The van der Waals surface area contributed by atoms with Gasteiger partial charge in [-0.1, -0.05) is 12.1 Å². The molecule has 114 valence electrons. The average molecular weight is 293 g/mol. The molecular formula is C15H19NO5. The molecule has 1 fully saturated rings. The maximum absolute atomic E-state index is 12.6. The first-order chi connectivity index (χ1) is 10.0. The number of carbonyl (C=O) groups is 2. The number of carbonyl (C=O) groups excluding carboxylic acids is 1. The lowest BCUT2D eigenvalue weighted by molar-refractivity contribution is -0.160. The number of ether oxygens (including phenoxy) is 2. The van der Waals surface area contributed by atoms with Crippen molar-refractivity contribution in [3.8, 4) is 5.75 Å². The smallest absolute Gasteiger partial charge is 0.334 e. The molecule has 1 saturated heterocycles. The molecule has 1 amide bonds. The Morgan fingerprint density at radius 3 is 2.76 bits per heavy atom. The molecule has 0 radical (unpaired) electrons. The van der Waals surface area contributed by atoms with E-state index in [1.807, 2.05) is 6.92 Å². The summed E-state index contributed by atoms with van der Waals surface area (Å²) in [7, 11) is 0. The van der Waals surface area contributed by atoms with Crippen molar-refractivity contribution < 1.29 is 24.2 Å². The summed E-state index contributed by atoms with van der Waals surface area (Å²) >= 11 is 0. The molecule has 2 atom stereocenters. The van der Waals surface area contributed by atoms with Crippen LogP contribution in [0.25, 0.3) is 0 Å². The summed E-state index contributed by atoms with van der Waals surface area (Å²) in [4.78, 5) is 25.2. The molecule has 1 aliphatic heterocycles. The van der Waals surface area contributed by atoms with Crippen LogP contribution < -0.4 is 4.74 Å². The first kappa shape index (κ1) is 15.3. The topological polar surface area (TPSA) is 76.1 Å². The van der Waals surface area contributed by atoms with Gasteiger partial charge >= 0.3 is 5.97 Å².